The van der Waals surface area contributed by atoms with Crippen LogP contribution in [0.15, 0.2) is 164 Å². The third-order valence-electron chi connectivity index (χ3n) is 9.05. The molecule has 53 heavy (non-hydrogen) atoms. The molecule has 0 bridgehead atoms. The molecule has 9 rings (SSSR count). The number of aromatic nitrogens is 3. The Kier molecular flexibility index (Phi) is 9.43. The largest absolute Gasteiger partial charge is 0.332 e. The summed E-state index contributed by atoms with van der Waals surface area (Å²) in [6, 6.07) is 56.2. The Morgan fingerprint density at radius 2 is 1.43 bits per heavy atom. The van der Waals surface area contributed by atoms with E-state index in [1.165, 1.54) is 6.20 Å². The summed E-state index contributed by atoms with van der Waals surface area (Å²) in [6.07, 6.45) is 1.39. The Morgan fingerprint density at radius 3 is 2.08 bits per heavy atom. The minimum Gasteiger partial charge on any atom is -0.332 e. The van der Waals surface area contributed by atoms with E-state index in [0.717, 1.165) is 77.3 Å². The van der Waals surface area contributed by atoms with Gasteiger partial charge in [-0.15, -0.1) is 47.3 Å². The molecule has 9 aromatic rings. The van der Waals surface area contributed by atoms with Gasteiger partial charge in [-0.1, -0.05) is 150 Å². The first-order valence-electron chi connectivity index (χ1n) is 19.2. The molecule has 6 aromatic carbocycles. The van der Waals surface area contributed by atoms with Crippen molar-refractivity contribution in [2.75, 3.05) is 0 Å². The molecule has 1 radical (unpaired) electrons. The zero-order chi connectivity index (χ0) is 38.9. The van der Waals surface area contributed by atoms with Crippen LogP contribution < -0.4 is 0 Å². The quantitative estimate of drug-likeness (QED) is 0.156. The maximum absolute atomic E-state index is 8.53. The van der Waals surface area contributed by atoms with Crippen molar-refractivity contribution in [1.82, 2.24) is 14.5 Å². The molecular formula is C48H37IrN3S-2. The molecule has 0 spiro atoms. The van der Waals surface area contributed by atoms with E-state index in [-0.39, 0.29) is 25.7 Å². The molecule has 261 valence electrons. The number of aryl methyl sites for hydroxylation is 1. The van der Waals surface area contributed by atoms with Crippen LogP contribution in [0.5, 0.6) is 0 Å². The van der Waals surface area contributed by atoms with Crippen molar-refractivity contribution in [3.63, 3.8) is 0 Å². The summed E-state index contributed by atoms with van der Waals surface area (Å²) >= 11 is 1.59. The molecule has 0 unspecified atom stereocenters. The first-order valence-corrected chi connectivity index (χ1v) is 18.0. The molecular weight excluding hydrogens is 843 g/mol. The second-order valence-corrected chi connectivity index (χ2v) is 13.5. The van der Waals surface area contributed by atoms with Gasteiger partial charge in [0, 0.05) is 42.9 Å². The van der Waals surface area contributed by atoms with E-state index in [0.29, 0.717) is 0 Å². The average Bonchev–Trinajstić information content (AvgIpc) is 3.82. The molecule has 5 heteroatoms. The average molecular weight is 884 g/mol. The van der Waals surface area contributed by atoms with Gasteiger partial charge in [-0.3, -0.25) is 16.3 Å². The van der Waals surface area contributed by atoms with Gasteiger partial charge in [-0.2, -0.15) is 0 Å². The van der Waals surface area contributed by atoms with Crippen LogP contribution in [0.2, 0.25) is 0 Å². The van der Waals surface area contributed by atoms with Crippen LogP contribution >= 0.6 is 11.3 Å². The van der Waals surface area contributed by atoms with Gasteiger partial charge < -0.3 is 9.55 Å². The van der Waals surface area contributed by atoms with Crippen molar-refractivity contribution in [3.8, 4) is 50.6 Å². The summed E-state index contributed by atoms with van der Waals surface area (Å²) in [4.78, 5) is 9.35. The van der Waals surface area contributed by atoms with Crippen molar-refractivity contribution in [3.05, 3.63) is 186 Å². The second kappa shape index (κ2) is 16.1. The summed E-state index contributed by atoms with van der Waals surface area (Å²) in [5, 5.41) is 4.70. The summed E-state index contributed by atoms with van der Waals surface area (Å²) in [6.45, 7) is 1.76. The van der Waals surface area contributed by atoms with Crippen LogP contribution in [-0.4, -0.2) is 14.5 Å². The molecule has 0 fully saturated rings. The molecule has 0 aliphatic heterocycles. The van der Waals surface area contributed by atoms with Gasteiger partial charge in [0.15, 0.2) is 0 Å². The standard InChI is InChI=1S/C36H27N2S.C12H10N.Ir/c1-24(2)27-20-21-30-31(23-39-34(30)22-27)36-37-32-18-9-10-19-33(32)38(36)35-28(25-12-5-3-6-13-25)16-11-17-29(35)26-14-7-4-8-15-26;1-10-7-8-12(13-9-10)11-5-3-2-4-6-11;/h3-22,24H,1-2H3;2-5,7-9H,1H3;/q2*-1;/i24D;1D3;. The number of pyridine rings is 1. The van der Waals surface area contributed by atoms with Crippen LogP contribution in [0, 0.1) is 18.3 Å². The van der Waals surface area contributed by atoms with Crippen molar-refractivity contribution in [1.29, 1.82) is 0 Å². The normalized spacial score (nSPS) is 12.5. The molecule has 0 amide bonds. The zero-order valence-corrected chi connectivity index (χ0v) is 32.4. The van der Waals surface area contributed by atoms with Crippen molar-refractivity contribution in [2.45, 2.75) is 26.6 Å². The Hall–Kier alpha value is -5.45. The van der Waals surface area contributed by atoms with Crippen LogP contribution in [0.25, 0.3) is 71.7 Å². The SMILES string of the molecule is [2H]C(C)(C)c1ccc2c(-c3nc4ccccc4n3-c3c(-c4ccccc4)cccc3-c3ccccc3)[c-]sc2c1.[2H]C([2H])([2H])c1ccc(-c2[c-]cccc2)nc1.[Ir]. The van der Waals surface area contributed by atoms with E-state index in [9.17, 15) is 0 Å². The van der Waals surface area contributed by atoms with E-state index in [1.807, 2.05) is 38.1 Å². The van der Waals surface area contributed by atoms with Gasteiger partial charge >= 0.3 is 0 Å². The van der Waals surface area contributed by atoms with Crippen LogP contribution in [-0.2, 0) is 20.1 Å². The maximum Gasteiger partial charge on any atom is 0.0774 e. The third-order valence-corrected chi connectivity index (χ3v) is 9.92. The molecule has 3 nitrogen and oxygen atoms in total. The van der Waals surface area contributed by atoms with Gasteiger partial charge in [-0.25, -0.2) is 0 Å². The van der Waals surface area contributed by atoms with Gasteiger partial charge in [0.25, 0.3) is 0 Å². The fourth-order valence-electron chi connectivity index (χ4n) is 6.46. The number of thiophene rings is 1. The molecule has 0 saturated carbocycles. The van der Waals surface area contributed by atoms with Crippen molar-refractivity contribution < 1.29 is 25.6 Å². The van der Waals surface area contributed by atoms with E-state index < -0.39 is 12.7 Å². The van der Waals surface area contributed by atoms with Crippen LogP contribution in [0.4, 0.5) is 0 Å². The zero-order valence-electron chi connectivity index (χ0n) is 33.2. The number of para-hydroxylation sites is 3. The van der Waals surface area contributed by atoms with Crippen LogP contribution in [0.1, 0.15) is 36.4 Å². The number of fused-ring (bicyclic) bond motifs is 2. The smallest absolute Gasteiger partial charge is 0.0774 e. The number of hydrogen-bond donors (Lipinski definition) is 0. The van der Waals surface area contributed by atoms with Gasteiger partial charge in [-0.05, 0) is 47.3 Å². The molecule has 0 atom stereocenters. The van der Waals surface area contributed by atoms with E-state index in [4.69, 9.17) is 10.5 Å². The number of rotatable bonds is 6. The summed E-state index contributed by atoms with van der Waals surface area (Å²) in [7, 11) is 0. The number of nitrogens with zero attached hydrogens (tertiary/aromatic N) is 3. The van der Waals surface area contributed by atoms with E-state index >= 15 is 0 Å². The van der Waals surface area contributed by atoms with Gasteiger partial charge in [0.1, 0.15) is 0 Å². The third kappa shape index (κ3) is 7.42. The molecule has 0 aliphatic carbocycles. The van der Waals surface area contributed by atoms with Gasteiger partial charge in [0.2, 0.25) is 0 Å². The molecule has 0 N–H and O–H groups in total. The number of hydrogen-bond acceptors (Lipinski definition) is 3. The summed E-state index contributed by atoms with van der Waals surface area (Å²) in [5.74, 6) is 0.205. The van der Waals surface area contributed by atoms with Crippen LogP contribution in [0.3, 0.4) is 0 Å². The Balaban J connectivity index is 0.000000246. The molecule has 0 saturated heterocycles. The van der Waals surface area contributed by atoms with Crippen molar-refractivity contribution >= 4 is 32.5 Å². The van der Waals surface area contributed by atoms with Crippen molar-refractivity contribution in [2.24, 2.45) is 0 Å². The Bertz CT molecular complexity index is 2700. The fourth-order valence-corrected chi connectivity index (χ4v) is 7.34. The first kappa shape index (κ1) is 31.1. The Labute approximate surface area is 334 Å². The molecule has 0 aliphatic rings. The minimum absolute atomic E-state index is 0. The van der Waals surface area contributed by atoms with Gasteiger partial charge in [0.05, 0.1) is 22.5 Å². The maximum atomic E-state index is 8.53. The molecule has 3 heterocycles. The minimum atomic E-state index is -2.09. The fraction of sp³-hybridized carbons (Fsp3) is 0.0833. The predicted octanol–water partition coefficient (Wildman–Crippen LogP) is 13.0. The predicted molar refractivity (Wildman–Crippen MR) is 219 cm³/mol. The Morgan fingerprint density at radius 1 is 0.736 bits per heavy atom. The number of benzene rings is 6. The topological polar surface area (TPSA) is 30.7 Å². The second-order valence-electron chi connectivity index (χ2n) is 12.7. The molecule has 3 aromatic heterocycles. The number of imidazole rings is 1. The van der Waals surface area contributed by atoms with E-state index in [2.05, 4.69) is 136 Å². The summed E-state index contributed by atoms with van der Waals surface area (Å²) in [5.41, 5.74) is 11.5. The first-order chi connectivity index (χ1) is 27.1. The van der Waals surface area contributed by atoms with E-state index in [1.54, 1.807) is 29.5 Å². The summed E-state index contributed by atoms with van der Waals surface area (Å²) < 4.78 is 33.7. The monoisotopic (exact) mass is 884 g/mol.